The van der Waals surface area contributed by atoms with Crippen LogP contribution in [0.5, 0.6) is 0 Å². The Morgan fingerprint density at radius 1 is 1.29 bits per heavy atom. The number of anilines is 1. The maximum atomic E-state index is 13.8. The zero-order chi connectivity index (χ0) is 12.4. The first-order valence-corrected chi connectivity index (χ1v) is 6.66. The molecule has 0 saturated heterocycles. The summed E-state index contributed by atoms with van der Waals surface area (Å²) in [6, 6.07) is 5.47. The molecule has 3 unspecified atom stereocenters. The minimum absolute atomic E-state index is 0.187. The smallest absolute Gasteiger partial charge is 0.164 e. The SMILES string of the molecule is CC1CCC(C)C(Nc2cccc(Cl)c2F)C1. The second kappa shape index (κ2) is 5.26. The van der Waals surface area contributed by atoms with Crippen molar-refractivity contribution in [1.82, 2.24) is 0 Å². The van der Waals surface area contributed by atoms with Crippen molar-refractivity contribution in [3.63, 3.8) is 0 Å². The van der Waals surface area contributed by atoms with E-state index < -0.39 is 0 Å². The number of hydrogen-bond acceptors (Lipinski definition) is 1. The van der Waals surface area contributed by atoms with Crippen LogP contribution in [-0.4, -0.2) is 6.04 Å². The Morgan fingerprint density at radius 2 is 2.06 bits per heavy atom. The monoisotopic (exact) mass is 255 g/mol. The molecule has 0 aliphatic heterocycles. The largest absolute Gasteiger partial charge is 0.380 e. The van der Waals surface area contributed by atoms with E-state index in [0.29, 0.717) is 23.6 Å². The van der Waals surface area contributed by atoms with Gasteiger partial charge in [-0.2, -0.15) is 0 Å². The highest BCUT2D eigenvalue weighted by atomic mass is 35.5. The van der Waals surface area contributed by atoms with Gasteiger partial charge in [0.25, 0.3) is 0 Å². The van der Waals surface area contributed by atoms with E-state index in [1.807, 2.05) is 0 Å². The molecule has 1 N–H and O–H groups in total. The lowest BCUT2D eigenvalue weighted by Crippen LogP contribution is -2.33. The summed E-state index contributed by atoms with van der Waals surface area (Å²) in [7, 11) is 0. The van der Waals surface area contributed by atoms with Crippen LogP contribution in [0.15, 0.2) is 18.2 Å². The molecule has 17 heavy (non-hydrogen) atoms. The van der Waals surface area contributed by atoms with Gasteiger partial charge in [0.05, 0.1) is 10.7 Å². The zero-order valence-electron chi connectivity index (χ0n) is 10.3. The zero-order valence-corrected chi connectivity index (χ0v) is 11.1. The van der Waals surface area contributed by atoms with Crippen LogP contribution in [0.2, 0.25) is 5.02 Å². The minimum Gasteiger partial charge on any atom is -0.380 e. The lowest BCUT2D eigenvalue weighted by molar-refractivity contribution is 0.280. The lowest BCUT2D eigenvalue weighted by atomic mass is 9.80. The first kappa shape index (κ1) is 12.7. The first-order chi connectivity index (χ1) is 8.08. The Hall–Kier alpha value is -0.760. The van der Waals surface area contributed by atoms with Crippen LogP contribution < -0.4 is 5.32 Å². The summed E-state index contributed by atoms with van der Waals surface area (Å²) >= 11 is 5.78. The van der Waals surface area contributed by atoms with Gasteiger partial charge in [-0.15, -0.1) is 0 Å². The molecule has 1 aliphatic carbocycles. The molecule has 1 aromatic carbocycles. The van der Waals surface area contributed by atoms with Crippen molar-refractivity contribution in [2.45, 2.75) is 39.2 Å². The molecule has 0 heterocycles. The standard InChI is InChI=1S/C14H19ClFN/c1-9-6-7-10(2)13(8-9)17-12-5-3-4-11(15)14(12)16/h3-5,9-10,13,17H,6-8H2,1-2H3. The predicted molar refractivity (Wildman–Crippen MR) is 71.0 cm³/mol. The van der Waals surface area contributed by atoms with Crippen LogP contribution in [0.4, 0.5) is 10.1 Å². The van der Waals surface area contributed by atoms with Gasteiger partial charge in [-0.25, -0.2) is 4.39 Å². The first-order valence-electron chi connectivity index (χ1n) is 6.28. The number of benzene rings is 1. The number of halogens is 2. The average Bonchev–Trinajstić information content (AvgIpc) is 2.30. The summed E-state index contributed by atoms with van der Waals surface area (Å²) in [4.78, 5) is 0. The van der Waals surface area contributed by atoms with Gasteiger partial charge < -0.3 is 5.32 Å². The van der Waals surface area contributed by atoms with Crippen LogP contribution in [-0.2, 0) is 0 Å². The van der Waals surface area contributed by atoms with Crippen LogP contribution in [0.1, 0.15) is 33.1 Å². The molecule has 94 valence electrons. The van der Waals surface area contributed by atoms with Gasteiger partial charge in [0.1, 0.15) is 0 Å². The Kier molecular flexibility index (Phi) is 3.93. The van der Waals surface area contributed by atoms with Crippen LogP contribution in [0.25, 0.3) is 0 Å². The molecule has 0 spiro atoms. The lowest BCUT2D eigenvalue weighted by Gasteiger charge is -2.34. The van der Waals surface area contributed by atoms with Crippen molar-refractivity contribution in [2.75, 3.05) is 5.32 Å². The van der Waals surface area contributed by atoms with Crippen LogP contribution >= 0.6 is 11.6 Å². The van der Waals surface area contributed by atoms with Crippen molar-refractivity contribution in [3.8, 4) is 0 Å². The fourth-order valence-electron chi connectivity index (χ4n) is 2.55. The Morgan fingerprint density at radius 3 is 2.82 bits per heavy atom. The molecule has 1 aromatic rings. The van der Waals surface area contributed by atoms with Crippen LogP contribution in [0, 0.1) is 17.7 Å². The molecule has 1 fully saturated rings. The van der Waals surface area contributed by atoms with Gasteiger partial charge >= 0.3 is 0 Å². The molecule has 0 bridgehead atoms. The molecule has 0 amide bonds. The highest BCUT2D eigenvalue weighted by molar-refractivity contribution is 6.31. The fraction of sp³-hybridized carbons (Fsp3) is 0.571. The summed E-state index contributed by atoms with van der Waals surface area (Å²) < 4.78 is 13.8. The summed E-state index contributed by atoms with van der Waals surface area (Å²) in [6.07, 6.45) is 3.59. The molecule has 1 nitrogen and oxygen atoms in total. The van der Waals surface area contributed by atoms with Gasteiger partial charge in [0, 0.05) is 6.04 Å². The van der Waals surface area contributed by atoms with Crippen LogP contribution in [0.3, 0.4) is 0 Å². The third kappa shape index (κ3) is 2.92. The molecule has 3 atom stereocenters. The van der Waals surface area contributed by atoms with Crippen molar-refractivity contribution in [3.05, 3.63) is 29.0 Å². The van der Waals surface area contributed by atoms with Gasteiger partial charge in [-0.3, -0.25) is 0 Å². The molecular weight excluding hydrogens is 237 g/mol. The third-order valence-corrected chi connectivity index (χ3v) is 4.04. The van der Waals surface area contributed by atoms with Crippen molar-refractivity contribution < 1.29 is 4.39 Å². The van der Waals surface area contributed by atoms with Crippen molar-refractivity contribution >= 4 is 17.3 Å². The average molecular weight is 256 g/mol. The van der Waals surface area contributed by atoms with Gasteiger partial charge in [-0.05, 0) is 36.8 Å². The van der Waals surface area contributed by atoms with E-state index in [1.54, 1.807) is 18.2 Å². The van der Waals surface area contributed by atoms with E-state index in [1.165, 1.54) is 12.8 Å². The number of hydrogen-bond donors (Lipinski definition) is 1. The Bertz CT molecular complexity index is 394. The molecule has 0 aromatic heterocycles. The normalized spacial score (nSPS) is 29.1. The van der Waals surface area contributed by atoms with E-state index in [4.69, 9.17) is 11.6 Å². The highest BCUT2D eigenvalue weighted by Crippen LogP contribution is 2.32. The molecule has 1 aliphatic rings. The van der Waals surface area contributed by atoms with Gasteiger partial charge in [0.15, 0.2) is 5.82 Å². The molecule has 3 heteroatoms. The summed E-state index contributed by atoms with van der Waals surface area (Å²) in [6.45, 7) is 4.49. The molecule has 0 radical (unpaired) electrons. The van der Waals surface area contributed by atoms with E-state index in [0.717, 1.165) is 6.42 Å². The molecular formula is C14H19ClFN. The second-order valence-electron chi connectivity index (χ2n) is 5.25. The predicted octanol–water partition coefficient (Wildman–Crippen LogP) is 4.72. The van der Waals surface area contributed by atoms with Crippen molar-refractivity contribution in [1.29, 1.82) is 0 Å². The maximum absolute atomic E-state index is 13.8. The van der Waals surface area contributed by atoms with Gasteiger partial charge in [-0.1, -0.05) is 37.9 Å². The van der Waals surface area contributed by atoms with Crippen molar-refractivity contribution in [2.24, 2.45) is 11.8 Å². The second-order valence-corrected chi connectivity index (χ2v) is 5.65. The summed E-state index contributed by atoms with van der Waals surface area (Å²) in [5.41, 5.74) is 0.531. The minimum atomic E-state index is -0.334. The maximum Gasteiger partial charge on any atom is 0.164 e. The number of rotatable bonds is 2. The van der Waals surface area contributed by atoms with E-state index in [2.05, 4.69) is 19.2 Å². The molecule has 1 saturated carbocycles. The summed E-state index contributed by atoms with van der Waals surface area (Å²) in [5.74, 6) is 0.968. The quantitative estimate of drug-likeness (QED) is 0.807. The van der Waals surface area contributed by atoms with E-state index in [9.17, 15) is 4.39 Å². The Balaban J connectivity index is 2.11. The Labute approximate surface area is 107 Å². The van der Waals surface area contributed by atoms with E-state index >= 15 is 0 Å². The summed E-state index contributed by atoms with van der Waals surface area (Å²) in [5, 5.41) is 3.50. The van der Waals surface area contributed by atoms with Gasteiger partial charge in [0.2, 0.25) is 0 Å². The number of nitrogens with one attached hydrogen (secondary N) is 1. The highest BCUT2D eigenvalue weighted by Gasteiger charge is 2.26. The topological polar surface area (TPSA) is 12.0 Å². The molecule has 2 rings (SSSR count). The fourth-order valence-corrected chi connectivity index (χ4v) is 2.72. The van der Waals surface area contributed by atoms with E-state index in [-0.39, 0.29) is 10.8 Å². The third-order valence-electron chi connectivity index (χ3n) is 3.75.